The van der Waals surface area contributed by atoms with Crippen LogP contribution in [0.25, 0.3) is 0 Å². The third kappa shape index (κ3) is 5.93. The number of carbonyl (C=O) groups is 2. The number of carbonyl (C=O) groups excluding carboxylic acids is 2. The molecule has 0 saturated carbocycles. The highest BCUT2D eigenvalue weighted by atomic mass is 35.5. The highest BCUT2D eigenvalue weighted by molar-refractivity contribution is 6.31. The summed E-state index contributed by atoms with van der Waals surface area (Å²) in [6.07, 6.45) is 3.86. The first-order chi connectivity index (χ1) is 14.3. The van der Waals surface area contributed by atoms with Gasteiger partial charge in [0.05, 0.1) is 0 Å². The predicted octanol–water partition coefficient (Wildman–Crippen LogP) is 2.99. The van der Waals surface area contributed by atoms with Crippen LogP contribution in [0.15, 0.2) is 29.2 Å². The zero-order valence-electron chi connectivity index (χ0n) is 17.6. The van der Waals surface area contributed by atoms with Gasteiger partial charge in [0, 0.05) is 30.9 Å². The molecule has 2 N–H and O–H groups in total. The van der Waals surface area contributed by atoms with E-state index in [4.69, 9.17) is 11.6 Å². The van der Waals surface area contributed by atoms with E-state index in [1.165, 1.54) is 10.8 Å². The summed E-state index contributed by atoms with van der Waals surface area (Å²) < 4.78 is 1.44. The number of nitrogens with zero attached hydrogens (tertiary/aromatic N) is 2. The normalized spacial score (nSPS) is 11.0. The summed E-state index contributed by atoms with van der Waals surface area (Å²) in [4.78, 5) is 38.6. The molecule has 0 aliphatic rings. The molecule has 0 radical (unpaired) electrons. The summed E-state index contributed by atoms with van der Waals surface area (Å²) in [5.41, 5.74) is 0.471. The van der Waals surface area contributed by atoms with E-state index in [2.05, 4.69) is 17.1 Å². The maximum Gasteiger partial charge on any atom is 0.257 e. The molecule has 0 aliphatic heterocycles. The van der Waals surface area contributed by atoms with Crippen LogP contribution >= 0.6 is 11.6 Å². The molecule has 0 saturated heterocycles. The average Bonchev–Trinajstić information content (AvgIpc) is 2.72. The number of hydrogen-bond acceptors (Lipinski definition) is 5. The van der Waals surface area contributed by atoms with E-state index in [0.29, 0.717) is 30.0 Å². The minimum atomic E-state index is -0.875. The number of aromatic hydroxyl groups is 1. The summed E-state index contributed by atoms with van der Waals surface area (Å²) in [6, 6.07) is 5.46. The van der Waals surface area contributed by atoms with Gasteiger partial charge in [-0.25, -0.2) is 0 Å². The van der Waals surface area contributed by atoms with Crippen molar-refractivity contribution in [2.75, 3.05) is 20.1 Å². The zero-order valence-corrected chi connectivity index (χ0v) is 18.3. The van der Waals surface area contributed by atoms with Crippen LogP contribution in [-0.4, -0.2) is 46.9 Å². The lowest BCUT2D eigenvalue weighted by atomic mass is 10.1. The van der Waals surface area contributed by atoms with Crippen molar-refractivity contribution in [3.8, 4) is 5.75 Å². The van der Waals surface area contributed by atoms with Crippen LogP contribution in [0.3, 0.4) is 0 Å². The van der Waals surface area contributed by atoms with Gasteiger partial charge in [-0.1, -0.05) is 37.1 Å². The van der Waals surface area contributed by atoms with Crippen LogP contribution in [0, 0.1) is 6.92 Å². The van der Waals surface area contributed by atoms with Crippen molar-refractivity contribution >= 4 is 23.8 Å². The Kier molecular flexibility index (Phi) is 8.62. The van der Waals surface area contributed by atoms with Crippen LogP contribution in [0.2, 0.25) is 5.02 Å². The van der Waals surface area contributed by atoms with Crippen molar-refractivity contribution < 1.29 is 14.7 Å². The molecular weight excluding hydrogens is 406 g/mol. The molecule has 1 aromatic heterocycles. The van der Waals surface area contributed by atoms with Crippen LogP contribution in [0.4, 0.5) is 0 Å². The summed E-state index contributed by atoms with van der Waals surface area (Å²) in [7, 11) is 1.96. The van der Waals surface area contributed by atoms with Gasteiger partial charge in [0.25, 0.3) is 5.91 Å². The number of benzene rings is 1. The Bertz CT molecular complexity index is 972. The Labute approximate surface area is 181 Å². The second-order valence-corrected chi connectivity index (χ2v) is 7.76. The standard InChI is InChI=1S/C22H28ClN3O4/c1-4-5-8-25(3)9-10-26-13-17(20(28)21(29)19(26)14-27)22(30)24-12-16-7-6-15(2)11-18(16)23/h6-7,11,13-14,29H,4-5,8-10,12H2,1-3H3,(H,24,30). The van der Waals surface area contributed by atoms with Gasteiger partial charge in [0.1, 0.15) is 11.3 Å². The molecule has 1 heterocycles. The quantitative estimate of drug-likeness (QED) is 0.562. The molecule has 0 bridgehead atoms. The van der Waals surface area contributed by atoms with Crippen LogP contribution in [0.5, 0.6) is 5.75 Å². The molecule has 2 rings (SSSR count). The minimum Gasteiger partial charge on any atom is -0.503 e. The molecule has 0 fully saturated rings. The molecule has 0 spiro atoms. The second kappa shape index (κ2) is 10.9. The maximum atomic E-state index is 12.6. The van der Waals surface area contributed by atoms with Crippen molar-refractivity contribution in [3.63, 3.8) is 0 Å². The topological polar surface area (TPSA) is 91.6 Å². The fourth-order valence-electron chi connectivity index (χ4n) is 3.02. The molecule has 1 aromatic carbocycles. The molecular formula is C22H28ClN3O4. The fraction of sp³-hybridized carbons (Fsp3) is 0.409. The van der Waals surface area contributed by atoms with Crippen LogP contribution in [-0.2, 0) is 13.1 Å². The zero-order chi connectivity index (χ0) is 22.3. The number of aldehydes is 1. The average molecular weight is 434 g/mol. The van der Waals surface area contributed by atoms with Crippen molar-refractivity contribution in [3.05, 3.63) is 62.0 Å². The van der Waals surface area contributed by atoms with E-state index < -0.39 is 17.1 Å². The van der Waals surface area contributed by atoms with Crippen LogP contribution in [0.1, 0.15) is 51.7 Å². The largest absolute Gasteiger partial charge is 0.503 e. The molecule has 8 heteroatoms. The Hall–Kier alpha value is -2.64. The van der Waals surface area contributed by atoms with Gasteiger partial charge < -0.3 is 19.9 Å². The van der Waals surface area contributed by atoms with E-state index in [0.717, 1.165) is 24.9 Å². The first kappa shape index (κ1) is 23.6. The number of aryl methyl sites for hydroxylation is 1. The summed E-state index contributed by atoms with van der Waals surface area (Å²) >= 11 is 6.19. The molecule has 0 aliphatic carbocycles. The van der Waals surface area contributed by atoms with Gasteiger partial charge in [0.2, 0.25) is 5.43 Å². The number of pyridine rings is 1. The predicted molar refractivity (Wildman–Crippen MR) is 118 cm³/mol. The molecule has 30 heavy (non-hydrogen) atoms. The van der Waals surface area contributed by atoms with E-state index >= 15 is 0 Å². The van der Waals surface area contributed by atoms with Gasteiger partial charge in [-0.2, -0.15) is 0 Å². The number of halogens is 1. The Morgan fingerprint density at radius 3 is 2.70 bits per heavy atom. The Morgan fingerprint density at radius 1 is 1.33 bits per heavy atom. The number of hydrogen-bond donors (Lipinski definition) is 2. The minimum absolute atomic E-state index is 0.132. The van der Waals surface area contributed by atoms with Gasteiger partial charge >= 0.3 is 0 Å². The first-order valence-corrected chi connectivity index (χ1v) is 10.3. The highest BCUT2D eigenvalue weighted by Crippen LogP contribution is 2.17. The third-order valence-electron chi connectivity index (χ3n) is 4.92. The summed E-state index contributed by atoms with van der Waals surface area (Å²) in [5, 5.41) is 13.4. The number of nitrogens with one attached hydrogen (secondary N) is 1. The lowest BCUT2D eigenvalue weighted by Gasteiger charge is -2.19. The lowest BCUT2D eigenvalue weighted by Crippen LogP contribution is -2.31. The van der Waals surface area contributed by atoms with Gasteiger partial charge in [-0.15, -0.1) is 0 Å². The molecule has 0 atom stereocenters. The first-order valence-electron chi connectivity index (χ1n) is 9.91. The van der Waals surface area contributed by atoms with Crippen molar-refractivity contribution in [2.45, 2.75) is 39.8 Å². The molecule has 0 unspecified atom stereocenters. The SMILES string of the molecule is CCCCN(C)CCn1cc(C(=O)NCc2ccc(C)cc2Cl)c(=O)c(O)c1C=O. The second-order valence-electron chi connectivity index (χ2n) is 7.35. The lowest BCUT2D eigenvalue weighted by molar-refractivity contribution is 0.0947. The van der Waals surface area contributed by atoms with Gasteiger partial charge in [-0.05, 0) is 44.1 Å². The van der Waals surface area contributed by atoms with Crippen molar-refractivity contribution in [2.24, 2.45) is 0 Å². The summed E-state index contributed by atoms with van der Waals surface area (Å²) in [6.45, 7) is 5.99. The molecule has 162 valence electrons. The number of rotatable bonds is 10. The number of unbranched alkanes of at least 4 members (excludes halogenated alkanes) is 1. The highest BCUT2D eigenvalue weighted by Gasteiger charge is 2.19. The van der Waals surface area contributed by atoms with Gasteiger partial charge in [0.15, 0.2) is 12.0 Å². The van der Waals surface area contributed by atoms with Gasteiger partial charge in [-0.3, -0.25) is 14.4 Å². The molecule has 2 aromatic rings. The number of likely N-dealkylation sites (N-methyl/N-ethyl adjacent to an activating group) is 1. The summed E-state index contributed by atoms with van der Waals surface area (Å²) in [5.74, 6) is -1.36. The van der Waals surface area contributed by atoms with E-state index in [9.17, 15) is 19.5 Å². The molecule has 7 nitrogen and oxygen atoms in total. The monoisotopic (exact) mass is 433 g/mol. The van der Waals surface area contributed by atoms with Crippen molar-refractivity contribution in [1.29, 1.82) is 0 Å². The number of aromatic nitrogens is 1. The fourth-order valence-corrected chi connectivity index (χ4v) is 3.32. The van der Waals surface area contributed by atoms with Crippen molar-refractivity contribution in [1.82, 2.24) is 14.8 Å². The Balaban J connectivity index is 2.21. The van der Waals surface area contributed by atoms with Crippen LogP contribution < -0.4 is 10.7 Å². The van der Waals surface area contributed by atoms with E-state index in [1.54, 1.807) is 12.1 Å². The van der Waals surface area contributed by atoms with E-state index in [-0.39, 0.29) is 17.8 Å². The smallest absolute Gasteiger partial charge is 0.257 e. The molecule has 1 amide bonds. The Morgan fingerprint density at radius 2 is 2.07 bits per heavy atom. The third-order valence-corrected chi connectivity index (χ3v) is 5.27. The number of amides is 1. The maximum absolute atomic E-state index is 12.6. The van der Waals surface area contributed by atoms with E-state index in [1.807, 2.05) is 20.0 Å².